The highest BCUT2D eigenvalue weighted by Gasteiger charge is 2.49. The van der Waals surface area contributed by atoms with Crippen molar-refractivity contribution in [3.63, 3.8) is 0 Å². The molecule has 4 nitrogen and oxygen atoms in total. The molecule has 2 aromatic rings. The monoisotopic (exact) mass is 639 g/mol. The van der Waals surface area contributed by atoms with Crippen LogP contribution >= 0.6 is 31.9 Å². The summed E-state index contributed by atoms with van der Waals surface area (Å²) in [5.41, 5.74) is 5.34. The molecule has 3 aliphatic rings. The molecule has 2 aromatic carbocycles. The van der Waals surface area contributed by atoms with Gasteiger partial charge < -0.3 is 9.64 Å². The van der Waals surface area contributed by atoms with Gasteiger partial charge >= 0.3 is 0 Å². The third-order valence-corrected chi connectivity index (χ3v) is 8.96. The first-order valence-electron chi connectivity index (χ1n) is 13.4. The maximum atomic E-state index is 14.0. The zero-order chi connectivity index (χ0) is 27.4. The lowest BCUT2D eigenvalue weighted by molar-refractivity contribution is -0.119. The highest BCUT2D eigenvalue weighted by Crippen LogP contribution is 2.56. The van der Waals surface area contributed by atoms with Crippen molar-refractivity contribution in [2.45, 2.75) is 72.8 Å². The summed E-state index contributed by atoms with van der Waals surface area (Å²) in [6, 6.07) is 14.0. The summed E-state index contributed by atoms with van der Waals surface area (Å²) in [5.74, 6) is 0.499. The molecule has 0 amide bonds. The maximum absolute atomic E-state index is 14.0. The number of hydrogen-bond donors (Lipinski definition) is 0. The number of ether oxygens (including phenoxy) is 1. The van der Waals surface area contributed by atoms with E-state index in [2.05, 4.69) is 71.4 Å². The molecular weight excluding hydrogens is 606 g/mol. The first-order valence-corrected chi connectivity index (χ1v) is 14.9. The zero-order valence-electron chi connectivity index (χ0n) is 22.8. The second-order valence-corrected chi connectivity index (χ2v) is 14.1. The van der Waals surface area contributed by atoms with Crippen molar-refractivity contribution in [2.24, 2.45) is 10.8 Å². The van der Waals surface area contributed by atoms with Crippen LogP contribution in [0.5, 0.6) is 5.75 Å². The smallest absolute Gasteiger partial charge is 0.162 e. The minimum atomic E-state index is -0.449. The largest absolute Gasteiger partial charge is 0.487 e. The Morgan fingerprint density at radius 3 is 1.95 bits per heavy atom. The second-order valence-electron chi connectivity index (χ2n) is 12.4. The zero-order valence-corrected chi connectivity index (χ0v) is 26.0. The standard InChI is InChI=1S/C32H35Br2NO3/c1-6-35-23-14-31(2,3)16-25(36)28(23)27(29-24(35)15-32(4,5)17-26(29)37)21-12-20(33)13-22(34)30(21)38-18-19-10-8-7-9-11-19/h7-13,27H,6,14-18H2,1-5H3. The number of rotatable bonds is 5. The van der Waals surface area contributed by atoms with E-state index in [-0.39, 0.29) is 22.4 Å². The summed E-state index contributed by atoms with van der Waals surface area (Å²) in [4.78, 5) is 30.2. The van der Waals surface area contributed by atoms with Gasteiger partial charge in [0.1, 0.15) is 12.4 Å². The van der Waals surface area contributed by atoms with Gasteiger partial charge in [0.25, 0.3) is 0 Å². The Balaban J connectivity index is 1.74. The van der Waals surface area contributed by atoms with E-state index in [0.29, 0.717) is 25.2 Å². The van der Waals surface area contributed by atoms with Gasteiger partial charge in [-0.25, -0.2) is 0 Å². The first kappa shape index (κ1) is 27.4. The Labute approximate surface area is 242 Å². The summed E-state index contributed by atoms with van der Waals surface area (Å²) in [5, 5.41) is 0. The van der Waals surface area contributed by atoms with Crippen LogP contribution in [-0.4, -0.2) is 23.0 Å². The van der Waals surface area contributed by atoms with Crippen molar-refractivity contribution in [1.29, 1.82) is 0 Å². The first-order chi connectivity index (χ1) is 17.9. The average molecular weight is 641 g/mol. The quantitative estimate of drug-likeness (QED) is 0.329. The topological polar surface area (TPSA) is 46.6 Å². The summed E-state index contributed by atoms with van der Waals surface area (Å²) in [7, 11) is 0. The minimum absolute atomic E-state index is 0.133. The number of hydrogen-bond acceptors (Lipinski definition) is 4. The van der Waals surface area contributed by atoms with Gasteiger partial charge in [-0.3, -0.25) is 9.59 Å². The summed E-state index contributed by atoms with van der Waals surface area (Å²) >= 11 is 7.42. The van der Waals surface area contributed by atoms with Crippen LogP contribution in [0.1, 0.15) is 77.3 Å². The van der Waals surface area contributed by atoms with E-state index in [9.17, 15) is 9.59 Å². The fourth-order valence-corrected chi connectivity index (χ4v) is 7.79. The van der Waals surface area contributed by atoms with E-state index in [1.54, 1.807) is 0 Å². The van der Waals surface area contributed by atoms with Crippen molar-refractivity contribution in [3.05, 3.63) is 85.1 Å². The molecule has 1 aliphatic heterocycles. The van der Waals surface area contributed by atoms with E-state index < -0.39 is 5.92 Å². The van der Waals surface area contributed by atoms with Crippen LogP contribution in [0.25, 0.3) is 0 Å². The third kappa shape index (κ3) is 5.06. The number of carbonyl (C=O) groups is 2. The molecule has 200 valence electrons. The lowest BCUT2D eigenvalue weighted by atomic mass is 9.63. The third-order valence-electron chi connectivity index (χ3n) is 7.91. The van der Waals surface area contributed by atoms with E-state index >= 15 is 0 Å². The predicted octanol–water partition coefficient (Wildman–Crippen LogP) is 8.50. The highest BCUT2D eigenvalue weighted by atomic mass is 79.9. The molecular formula is C32H35Br2NO3. The molecule has 0 bridgehead atoms. The summed E-state index contributed by atoms with van der Waals surface area (Å²) in [6.07, 6.45) is 2.55. The van der Waals surface area contributed by atoms with Crippen molar-refractivity contribution in [1.82, 2.24) is 4.90 Å². The SMILES string of the molecule is CCN1C2=C(C(=O)CC(C)(C)C2)C(c2cc(Br)cc(Br)c2OCc2ccccc2)C2=C1CC(C)(C)CC2=O. The predicted molar refractivity (Wildman–Crippen MR) is 158 cm³/mol. The molecule has 2 aliphatic carbocycles. The van der Waals surface area contributed by atoms with Gasteiger partial charge in [0.05, 0.1) is 4.47 Å². The summed E-state index contributed by atoms with van der Waals surface area (Å²) < 4.78 is 8.15. The van der Waals surface area contributed by atoms with E-state index in [0.717, 1.165) is 62.0 Å². The highest BCUT2D eigenvalue weighted by molar-refractivity contribution is 9.11. The summed E-state index contributed by atoms with van der Waals surface area (Å²) in [6.45, 7) is 11.9. The molecule has 38 heavy (non-hydrogen) atoms. The molecule has 0 N–H and O–H groups in total. The lowest BCUT2D eigenvalue weighted by Crippen LogP contribution is -2.44. The average Bonchev–Trinajstić information content (AvgIpc) is 2.81. The molecule has 0 spiro atoms. The van der Waals surface area contributed by atoms with Gasteiger partial charge in [-0.2, -0.15) is 0 Å². The lowest BCUT2D eigenvalue weighted by Gasteiger charge is -2.49. The van der Waals surface area contributed by atoms with Crippen molar-refractivity contribution in [2.75, 3.05) is 6.54 Å². The molecule has 0 saturated heterocycles. The molecule has 0 fully saturated rings. The molecule has 5 rings (SSSR count). The van der Waals surface area contributed by atoms with Crippen LogP contribution in [0.4, 0.5) is 0 Å². The molecule has 0 aromatic heterocycles. The van der Waals surface area contributed by atoms with Gasteiger partial charge in [0.15, 0.2) is 11.6 Å². The van der Waals surface area contributed by atoms with Crippen molar-refractivity contribution in [3.8, 4) is 5.75 Å². The molecule has 6 heteroatoms. The number of halogens is 2. The number of benzene rings is 2. The Morgan fingerprint density at radius 2 is 1.42 bits per heavy atom. The number of nitrogens with zero attached hydrogens (tertiary/aromatic N) is 1. The second kappa shape index (κ2) is 10.1. The van der Waals surface area contributed by atoms with Gasteiger partial charge in [-0.05, 0) is 64.2 Å². The molecule has 0 saturated carbocycles. The molecule has 0 atom stereocenters. The van der Waals surface area contributed by atoms with E-state index in [1.165, 1.54) is 0 Å². The van der Waals surface area contributed by atoms with Crippen molar-refractivity contribution >= 4 is 43.4 Å². The van der Waals surface area contributed by atoms with Crippen LogP contribution in [0.3, 0.4) is 0 Å². The fraction of sp³-hybridized carbons (Fsp3) is 0.438. The van der Waals surface area contributed by atoms with Gasteiger partial charge in [-0.1, -0.05) is 74.0 Å². The Morgan fingerprint density at radius 1 is 0.868 bits per heavy atom. The van der Waals surface area contributed by atoms with Gasteiger partial charge in [0, 0.05) is 57.9 Å². The van der Waals surface area contributed by atoms with Crippen LogP contribution in [0.2, 0.25) is 0 Å². The van der Waals surface area contributed by atoms with Gasteiger partial charge in [-0.15, -0.1) is 0 Å². The Bertz CT molecular complexity index is 1320. The Kier molecular flexibility index (Phi) is 7.27. The van der Waals surface area contributed by atoms with Gasteiger partial charge in [0.2, 0.25) is 0 Å². The number of Topliss-reactive ketones (excluding diaryl/α,β-unsaturated/α-hetero) is 2. The molecule has 1 heterocycles. The van der Waals surface area contributed by atoms with Crippen LogP contribution in [0.15, 0.2) is 74.0 Å². The number of allylic oxidation sites excluding steroid dienone is 4. The Hall–Kier alpha value is -2.18. The number of carbonyl (C=O) groups excluding carboxylic acids is 2. The number of ketones is 2. The van der Waals surface area contributed by atoms with Crippen molar-refractivity contribution < 1.29 is 14.3 Å². The maximum Gasteiger partial charge on any atom is 0.162 e. The molecule has 0 radical (unpaired) electrons. The van der Waals surface area contributed by atoms with Crippen LogP contribution in [-0.2, 0) is 16.2 Å². The van der Waals surface area contributed by atoms with E-state index in [1.807, 2.05) is 42.5 Å². The van der Waals surface area contributed by atoms with Crippen LogP contribution < -0.4 is 4.74 Å². The fourth-order valence-electron chi connectivity index (χ4n) is 6.42. The van der Waals surface area contributed by atoms with E-state index in [4.69, 9.17) is 4.74 Å². The minimum Gasteiger partial charge on any atom is -0.487 e. The van der Waals surface area contributed by atoms with Crippen LogP contribution in [0, 0.1) is 10.8 Å². The molecule has 0 unspecified atom stereocenters. The normalized spacial score (nSPS) is 21.0.